The minimum absolute atomic E-state index is 0.0500. The third kappa shape index (κ3) is 8.10. The number of carbonyl (C=O) groups is 1. The van der Waals surface area contributed by atoms with Crippen molar-refractivity contribution in [1.29, 1.82) is 0 Å². The van der Waals surface area contributed by atoms with Crippen LogP contribution < -0.4 is 0 Å². The van der Waals surface area contributed by atoms with Crippen LogP contribution in [0.2, 0.25) is 0 Å². The van der Waals surface area contributed by atoms with E-state index in [1.54, 1.807) is 0 Å². The minimum atomic E-state index is -0.0500. The highest BCUT2D eigenvalue weighted by Gasteiger charge is 2.01. The van der Waals surface area contributed by atoms with Gasteiger partial charge in [0, 0.05) is 6.42 Å². The molecule has 2 heteroatoms. The molecule has 102 valence electrons. The molecule has 2 nitrogen and oxygen atoms in total. The van der Waals surface area contributed by atoms with Crippen molar-refractivity contribution in [3.05, 3.63) is 23.8 Å². The van der Waals surface area contributed by atoms with Gasteiger partial charge in [0.25, 0.3) is 0 Å². The van der Waals surface area contributed by atoms with Crippen LogP contribution >= 0.6 is 0 Å². The monoisotopic (exact) mass is 250 g/mol. The number of hydrogen-bond acceptors (Lipinski definition) is 2. The molecule has 0 atom stereocenters. The molecule has 0 N–H and O–H groups in total. The van der Waals surface area contributed by atoms with Crippen LogP contribution in [0.15, 0.2) is 23.8 Å². The van der Waals surface area contributed by atoms with Crippen molar-refractivity contribution < 1.29 is 9.53 Å². The van der Waals surface area contributed by atoms with Crippen LogP contribution in [0.5, 0.6) is 0 Å². The summed E-state index contributed by atoms with van der Waals surface area (Å²) in [5, 5.41) is 0. The lowest BCUT2D eigenvalue weighted by molar-refractivity contribution is -0.142. The van der Waals surface area contributed by atoms with Crippen LogP contribution in [-0.4, -0.2) is 12.6 Å². The van der Waals surface area contributed by atoms with Gasteiger partial charge in [0.15, 0.2) is 0 Å². The number of rotatable bonds is 0. The molecule has 1 aliphatic heterocycles. The van der Waals surface area contributed by atoms with Gasteiger partial charge in [-0.15, -0.1) is 0 Å². The summed E-state index contributed by atoms with van der Waals surface area (Å²) < 4.78 is 5.18. The number of hydrogen-bond donors (Lipinski definition) is 0. The summed E-state index contributed by atoms with van der Waals surface area (Å²) >= 11 is 0. The standard InChI is InChI=1S/C16H26O2/c1-15-11-9-7-5-3-2-4-6-8-10-12-16(17)18-14-13-15/h5,7,13H,2-4,6,8-12,14H2,1H3/b7-5+,15-13-. The molecule has 0 spiro atoms. The molecule has 0 bridgehead atoms. The Bertz CT molecular complexity index is 289. The molecule has 0 amide bonds. The van der Waals surface area contributed by atoms with E-state index in [9.17, 15) is 4.79 Å². The normalized spacial score (nSPS) is 25.8. The van der Waals surface area contributed by atoms with Crippen LogP contribution in [0.1, 0.15) is 64.7 Å². The van der Waals surface area contributed by atoms with Crippen molar-refractivity contribution in [2.75, 3.05) is 6.61 Å². The van der Waals surface area contributed by atoms with E-state index in [-0.39, 0.29) is 5.97 Å². The molecule has 0 aromatic carbocycles. The highest BCUT2D eigenvalue weighted by molar-refractivity contribution is 5.69. The van der Waals surface area contributed by atoms with E-state index in [4.69, 9.17) is 4.74 Å². The fraction of sp³-hybridized carbons (Fsp3) is 0.688. The average Bonchev–Trinajstić information content (AvgIpc) is 2.34. The predicted molar refractivity (Wildman–Crippen MR) is 75.4 cm³/mol. The summed E-state index contributed by atoms with van der Waals surface area (Å²) in [5.74, 6) is -0.0500. The van der Waals surface area contributed by atoms with E-state index >= 15 is 0 Å². The molecule has 0 saturated carbocycles. The Morgan fingerprint density at radius 1 is 0.944 bits per heavy atom. The number of ether oxygens (including phenoxy) is 1. The summed E-state index contributed by atoms with van der Waals surface area (Å²) in [6.45, 7) is 2.54. The SMILES string of the molecule is C/C1=C/COC(=O)CCCCCCC/C=C/CC1. The first-order chi connectivity index (χ1) is 8.79. The zero-order chi connectivity index (χ0) is 13.1. The predicted octanol–water partition coefficient (Wildman–Crippen LogP) is 4.56. The first kappa shape index (κ1) is 15.0. The Hall–Kier alpha value is -1.05. The summed E-state index contributed by atoms with van der Waals surface area (Å²) in [7, 11) is 0. The maximum Gasteiger partial charge on any atom is 0.306 e. The van der Waals surface area contributed by atoms with Gasteiger partial charge in [-0.3, -0.25) is 4.79 Å². The highest BCUT2D eigenvalue weighted by Crippen LogP contribution is 2.10. The van der Waals surface area contributed by atoms with Gasteiger partial charge in [0.1, 0.15) is 6.61 Å². The zero-order valence-electron chi connectivity index (χ0n) is 11.6. The maximum absolute atomic E-state index is 11.4. The lowest BCUT2D eigenvalue weighted by Crippen LogP contribution is -2.04. The van der Waals surface area contributed by atoms with E-state index in [1.807, 2.05) is 6.08 Å². The first-order valence-corrected chi connectivity index (χ1v) is 7.25. The van der Waals surface area contributed by atoms with Crippen molar-refractivity contribution in [1.82, 2.24) is 0 Å². The molecule has 0 aliphatic carbocycles. The molecule has 0 fully saturated rings. The quantitative estimate of drug-likeness (QED) is 0.465. The lowest BCUT2D eigenvalue weighted by atomic mass is 10.1. The second-order valence-electron chi connectivity index (χ2n) is 5.05. The molecule has 1 rings (SSSR count). The molecule has 18 heavy (non-hydrogen) atoms. The smallest absolute Gasteiger partial charge is 0.306 e. The average molecular weight is 250 g/mol. The van der Waals surface area contributed by atoms with E-state index in [2.05, 4.69) is 19.1 Å². The maximum atomic E-state index is 11.4. The Morgan fingerprint density at radius 2 is 1.67 bits per heavy atom. The Morgan fingerprint density at radius 3 is 2.56 bits per heavy atom. The second kappa shape index (κ2) is 9.93. The van der Waals surface area contributed by atoms with Gasteiger partial charge < -0.3 is 4.74 Å². The summed E-state index contributed by atoms with van der Waals surface area (Å²) in [6.07, 6.45) is 16.4. The molecule has 0 radical (unpaired) electrons. The summed E-state index contributed by atoms with van der Waals surface area (Å²) in [6, 6.07) is 0. The largest absolute Gasteiger partial charge is 0.461 e. The fourth-order valence-corrected chi connectivity index (χ4v) is 2.06. The van der Waals surface area contributed by atoms with Crippen molar-refractivity contribution in [2.24, 2.45) is 0 Å². The van der Waals surface area contributed by atoms with E-state index in [0.29, 0.717) is 13.0 Å². The van der Waals surface area contributed by atoms with Crippen molar-refractivity contribution in [3.8, 4) is 0 Å². The van der Waals surface area contributed by atoms with Gasteiger partial charge in [-0.2, -0.15) is 0 Å². The molecular formula is C16H26O2. The summed E-state index contributed by atoms with van der Waals surface area (Å²) in [5.41, 5.74) is 1.31. The first-order valence-electron chi connectivity index (χ1n) is 7.25. The van der Waals surface area contributed by atoms with Gasteiger partial charge in [-0.05, 0) is 45.1 Å². The van der Waals surface area contributed by atoms with Crippen LogP contribution in [0.3, 0.4) is 0 Å². The number of allylic oxidation sites excluding steroid dienone is 3. The van der Waals surface area contributed by atoms with Gasteiger partial charge >= 0.3 is 5.97 Å². The van der Waals surface area contributed by atoms with Crippen molar-refractivity contribution in [3.63, 3.8) is 0 Å². The number of carbonyl (C=O) groups excluding carboxylic acids is 1. The van der Waals surface area contributed by atoms with Crippen molar-refractivity contribution >= 4 is 5.97 Å². The minimum Gasteiger partial charge on any atom is -0.461 e. The third-order valence-corrected chi connectivity index (χ3v) is 3.30. The third-order valence-electron chi connectivity index (χ3n) is 3.30. The number of esters is 1. The van der Waals surface area contributed by atoms with Gasteiger partial charge in [-0.1, -0.05) is 37.0 Å². The second-order valence-corrected chi connectivity index (χ2v) is 5.05. The molecule has 0 aromatic heterocycles. The Kier molecular flexibility index (Phi) is 8.28. The van der Waals surface area contributed by atoms with Crippen molar-refractivity contribution in [2.45, 2.75) is 64.7 Å². The van der Waals surface area contributed by atoms with E-state index in [0.717, 1.165) is 25.7 Å². The van der Waals surface area contributed by atoms with Crippen LogP contribution in [0, 0.1) is 0 Å². The van der Waals surface area contributed by atoms with Gasteiger partial charge in [0.05, 0.1) is 0 Å². The molecule has 0 unspecified atom stereocenters. The van der Waals surface area contributed by atoms with Gasteiger partial charge in [-0.25, -0.2) is 0 Å². The Labute approximate surface area is 111 Å². The highest BCUT2D eigenvalue weighted by atomic mass is 16.5. The number of cyclic esters (lactones) is 1. The Balaban J connectivity index is 2.36. The lowest BCUT2D eigenvalue weighted by Gasteiger charge is -2.04. The summed E-state index contributed by atoms with van der Waals surface area (Å²) in [4.78, 5) is 11.4. The zero-order valence-corrected chi connectivity index (χ0v) is 11.6. The molecule has 1 aliphatic rings. The van der Waals surface area contributed by atoms with Crippen LogP contribution in [0.25, 0.3) is 0 Å². The molecular weight excluding hydrogens is 224 g/mol. The van der Waals surface area contributed by atoms with Gasteiger partial charge in [0.2, 0.25) is 0 Å². The van der Waals surface area contributed by atoms with E-state index in [1.165, 1.54) is 31.3 Å². The fourth-order valence-electron chi connectivity index (χ4n) is 2.06. The van der Waals surface area contributed by atoms with Crippen LogP contribution in [0.4, 0.5) is 0 Å². The molecule has 0 saturated heterocycles. The topological polar surface area (TPSA) is 26.3 Å². The van der Waals surface area contributed by atoms with Crippen LogP contribution in [-0.2, 0) is 9.53 Å². The van der Waals surface area contributed by atoms with E-state index < -0.39 is 0 Å². The molecule has 1 heterocycles. The molecule has 0 aromatic rings.